The lowest BCUT2D eigenvalue weighted by Gasteiger charge is -2.17. The molecule has 1 aromatic rings. The number of likely N-dealkylation sites (N-methyl/N-ethyl adjacent to an activating group) is 1. The third-order valence-electron chi connectivity index (χ3n) is 1.99. The Morgan fingerprint density at radius 1 is 1.65 bits per heavy atom. The quantitative estimate of drug-likeness (QED) is 0.847. The van der Waals surface area contributed by atoms with Crippen molar-refractivity contribution in [3.8, 4) is 0 Å². The molecular formula is C10H14BrN3O3. The summed E-state index contributed by atoms with van der Waals surface area (Å²) in [4.78, 5) is 24.1. The van der Waals surface area contributed by atoms with Gasteiger partial charge in [0.2, 0.25) is 11.8 Å². The van der Waals surface area contributed by atoms with Gasteiger partial charge >= 0.3 is 0 Å². The highest BCUT2D eigenvalue weighted by molar-refractivity contribution is 9.10. The number of amides is 2. The predicted octanol–water partition coefficient (Wildman–Crippen LogP) is 1.16. The van der Waals surface area contributed by atoms with E-state index < -0.39 is 0 Å². The van der Waals surface area contributed by atoms with E-state index in [2.05, 4.69) is 26.4 Å². The second-order valence-electron chi connectivity index (χ2n) is 3.68. The lowest BCUT2D eigenvalue weighted by molar-refractivity contribution is -0.132. The molecule has 0 saturated heterocycles. The van der Waals surface area contributed by atoms with Gasteiger partial charge in [0.25, 0.3) is 0 Å². The van der Waals surface area contributed by atoms with Gasteiger partial charge in [-0.05, 0) is 13.8 Å². The summed E-state index contributed by atoms with van der Waals surface area (Å²) in [6, 6.07) is 1.60. The van der Waals surface area contributed by atoms with E-state index in [0.29, 0.717) is 11.6 Å². The van der Waals surface area contributed by atoms with Gasteiger partial charge in [-0.15, -0.1) is 0 Å². The normalized spacial score (nSPS) is 12.0. The second-order valence-corrected chi connectivity index (χ2v) is 5.05. The number of carbonyl (C=O) groups excluding carboxylic acids is 2. The molecular weight excluding hydrogens is 290 g/mol. The van der Waals surface area contributed by atoms with Crippen molar-refractivity contribution in [1.82, 2.24) is 10.1 Å². The molecule has 1 unspecified atom stereocenters. The maximum absolute atomic E-state index is 11.6. The molecule has 0 aliphatic rings. The van der Waals surface area contributed by atoms with Gasteiger partial charge in [0.1, 0.15) is 5.76 Å². The van der Waals surface area contributed by atoms with Crippen LogP contribution in [-0.2, 0) is 9.59 Å². The topological polar surface area (TPSA) is 75.4 Å². The average molecular weight is 304 g/mol. The zero-order valence-electron chi connectivity index (χ0n) is 9.86. The van der Waals surface area contributed by atoms with Crippen LogP contribution >= 0.6 is 15.9 Å². The molecule has 0 aliphatic carbocycles. The van der Waals surface area contributed by atoms with E-state index in [1.807, 2.05) is 0 Å². The summed E-state index contributed by atoms with van der Waals surface area (Å²) in [6.45, 7) is 3.41. The standard InChI is InChI=1S/C10H14BrN3O3/c1-6-4-8(13-17-6)12-9(15)5-14(3)10(16)7(2)11/h4,7H,5H2,1-3H3,(H,12,13,15). The minimum Gasteiger partial charge on any atom is -0.360 e. The molecule has 1 atom stereocenters. The first-order valence-electron chi connectivity index (χ1n) is 5.02. The molecule has 1 rings (SSSR count). The molecule has 0 spiro atoms. The minimum absolute atomic E-state index is 0.0271. The smallest absolute Gasteiger partial charge is 0.245 e. The molecule has 0 aromatic carbocycles. The van der Waals surface area contributed by atoms with Gasteiger partial charge in [-0.2, -0.15) is 0 Å². The molecule has 0 fully saturated rings. The molecule has 1 heterocycles. The Morgan fingerprint density at radius 2 is 2.29 bits per heavy atom. The largest absolute Gasteiger partial charge is 0.360 e. The second kappa shape index (κ2) is 5.81. The van der Waals surface area contributed by atoms with Crippen molar-refractivity contribution in [3.05, 3.63) is 11.8 Å². The summed E-state index contributed by atoms with van der Waals surface area (Å²) in [5, 5.41) is 6.16. The fraction of sp³-hybridized carbons (Fsp3) is 0.500. The molecule has 17 heavy (non-hydrogen) atoms. The Morgan fingerprint density at radius 3 is 2.76 bits per heavy atom. The van der Waals surface area contributed by atoms with Crippen LogP contribution in [0.15, 0.2) is 10.6 Å². The van der Waals surface area contributed by atoms with Crippen LogP contribution in [0.25, 0.3) is 0 Å². The zero-order chi connectivity index (χ0) is 13.0. The van der Waals surface area contributed by atoms with Gasteiger partial charge in [-0.1, -0.05) is 21.1 Å². The number of halogens is 1. The molecule has 0 bridgehead atoms. The Bertz CT molecular complexity index is 417. The molecule has 0 aliphatic heterocycles. The Kier molecular flexibility index (Phi) is 4.68. The molecule has 94 valence electrons. The van der Waals surface area contributed by atoms with Gasteiger partial charge < -0.3 is 14.7 Å². The van der Waals surface area contributed by atoms with Crippen LogP contribution < -0.4 is 5.32 Å². The Balaban J connectivity index is 2.47. The Labute approximate surface area is 107 Å². The van der Waals surface area contributed by atoms with Crippen molar-refractivity contribution >= 4 is 33.6 Å². The van der Waals surface area contributed by atoms with E-state index in [1.165, 1.54) is 4.90 Å². The van der Waals surface area contributed by atoms with E-state index in [9.17, 15) is 9.59 Å². The number of aryl methyl sites for hydroxylation is 1. The van der Waals surface area contributed by atoms with Crippen LogP contribution in [-0.4, -0.2) is 40.3 Å². The van der Waals surface area contributed by atoms with Crippen molar-refractivity contribution in [2.45, 2.75) is 18.7 Å². The van der Waals surface area contributed by atoms with Gasteiger partial charge in [0, 0.05) is 13.1 Å². The summed E-state index contributed by atoms with van der Waals surface area (Å²) in [6.07, 6.45) is 0. The summed E-state index contributed by atoms with van der Waals surface area (Å²) in [7, 11) is 1.56. The predicted molar refractivity (Wildman–Crippen MR) is 65.9 cm³/mol. The lowest BCUT2D eigenvalue weighted by Crippen LogP contribution is -2.38. The number of rotatable bonds is 4. The van der Waals surface area contributed by atoms with E-state index in [0.717, 1.165) is 0 Å². The van der Waals surface area contributed by atoms with E-state index in [1.54, 1.807) is 27.0 Å². The van der Waals surface area contributed by atoms with Crippen molar-refractivity contribution in [1.29, 1.82) is 0 Å². The summed E-state index contributed by atoms with van der Waals surface area (Å²) in [5.41, 5.74) is 0. The molecule has 7 heteroatoms. The molecule has 1 N–H and O–H groups in total. The zero-order valence-corrected chi connectivity index (χ0v) is 11.4. The third kappa shape index (κ3) is 4.18. The van der Waals surface area contributed by atoms with Crippen molar-refractivity contribution < 1.29 is 14.1 Å². The molecule has 0 saturated carbocycles. The molecule has 0 radical (unpaired) electrons. The van der Waals surface area contributed by atoms with Crippen molar-refractivity contribution in [2.24, 2.45) is 0 Å². The van der Waals surface area contributed by atoms with E-state index in [4.69, 9.17) is 4.52 Å². The van der Waals surface area contributed by atoms with E-state index >= 15 is 0 Å². The summed E-state index contributed by atoms with van der Waals surface area (Å²) >= 11 is 3.15. The molecule has 1 aromatic heterocycles. The summed E-state index contributed by atoms with van der Waals surface area (Å²) < 4.78 is 4.80. The molecule has 2 amide bonds. The number of aromatic nitrogens is 1. The third-order valence-corrected chi connectivity index (χ3v) is 2.38. The highest BCUT2D eigenvalue weighted by Crippen LogP contribution is 2.07. The number of alkyl halides is 1. The monoisotopic (exact) mass is 303 g/mol. The van der Waals surface area contributed by atoms with Crippen molar-refractivity contribution in [2.75, 3.05) is 18.9 Å². The van der Waals surface area contributed by atoms with Gasteiger partial charge in [0.15, 0.2) is 5.82 Å². The minimum atomic E-state index is -0.317. The SMILES string of the molecule is Cc1cc(NC(=O)CN(C)C(=O)C(C)Br)no1. The average Bonchev–Trinajstić information content (AvgIpc) is 2.62. The van der Waals surface area contributed by atoms with Crippen LogP contribution in [0.5, 0.6) is 0 Å². The van der Waals surface area contributed by atoms with Crippen LogP contribution in [0.1, 0.15) is 12.7 Å². The fourth-order valence-corrected chi connectivity index (χ4v) is 1.55. The highest BCUT2D eigenvalue weighted by Gasteiger charge is 2.17. The van der Waals surface area contributed by atoms with Crippen LogP contribution in [0, 0.1) is 6.92 Å². The van der Waals surface area contributed by atoms with Crippen LogP contribution in [0.3, 0.4) is 0 Å². The number of carbonyl (C=O) groups is 2. The fourth-order valence-electron chi connectivity index (χ4n) is 1.20. The Hall–Kier alpha value is -1.37. The first-order valence-corrected chi connectivity index (χ1v) is 5.94. The summed E-state index contributed by atoms with van der Waals surface area (Å²) in [5.74, 6) is 0.484. The molecule has 6 nitrogen and oxygen atoms in total. The van der Waals surface area contributed by atoms with Crippen molar-refractivity contribution in [3.63, 3.8) is 0 Å². The maximum Gasteiger partial charge on any atom is 0.245 e. The van der Waals surface area contributed by atoms with Gasteiger partial charge in [0.05, 0.1) is 11.4 Å². The highest BCUT2D eigenvalue weighted by atomic mass is 79.9. The number of anilines is 1. The van der Waals surface area contributed by atoms with Gasteiger partial charge in [-0.3, -0.25) is 9.59 Å². The lowest BCUT2D eigenvalue weighted by atomic mass is 10.4. The van der Waals surface area contributed by atoms with Crippen LogP contribution in [0.4, 0.5) is 5.82 Å². The first-order chi connectivity index (χ1) is 7.90. The number of hydrogen-bond acceptors (Lipinski definition) is 4. The van der Waals surface area contributed by atoms with Crippen LogP contribution in [0.2, 0.25) is 0 Å². The first kappa shape index (κ1) is 13.7. The van der Waals surface area contributed by atoms with Gasteiger partial charge in [-0.25, -0.2) is 0 Å². The number of nitrogens with zero attached hydrogens (tertiary/aromatic N) is 2. The van der Waals surface area contributed by atoms with E-state index in [-0.39, 0.29) is 23.2 Å². The maximum atomic E-state index is 11.6. The number of hydrogen-bond donors (Lipinski definition) is 1. The number of nitrogens with one attached hydrogen (secondary N) is 1.